The lowest BCUT2D eigenvalue weighted by atomic mass is 10.1. The number of carbonyl (C=O) groups excluding carboxylic acids is 1. The first-order chi connectivity index (χ1) is 19.0. The number of methoxy groups -OCH3 is 2. The zero-order chi connectivity index (χ0) is 30.8. The largest absolute Gasteiger partial charge is 0.505 e. The maximum absolute atomic E-state index is 12.8. The number of azo groups is 1. The molecule has 0 heterocycles. The maximum Gasteiger partial charge on any atom is 0.319 e. The Morgan fingerprint density at radius 1 is 0.927 bits per heavy atom. The van der Waals surface area contributed by atoms with E-state index in [4.69, 9.17) is 14.0 Å². The minimum Gasteiger partial charge on any atom is -0.505 e. The smallest absolute Gasteiger partial charge is 0.319 e. The van der Waals surface area contributed by atoms with E-state index in [-0.39, 0.29) is 44.4 Å². The van der Waals surface area contributed by atoms with Gasteiger partial charge >= 0.3 is 9.15 Å². The van der Waals surface area contributed by atoms with Crippen molar-refractivity contribution in [1.29, 1.82) is 0 Å². The van der Waals surface area contributed by atoms with E-state index in [1.165, 1.54) is 32.2 Å². The molecule has 3 aromatic carbocycles. The molecule has 0 aliphatic heterocycles. The molecule has 15 nitrogen and oxygen atoms in total. The number of carbonyl (C=O) groups is 1. The van der Waals surface area contributed by atoms with Gasteiger partial charge in [-0.05, 0) is 34.4 Å². The van der Waals surface area contributed by atoms with E-state index in [1.54, 1.807) is 0 Å². The van der Waals surface area contributed by atoms with Crippen molar-refractivity contribution >= 4 is 73.6 Å². The fourth-order valence-electron chi connectivity index (χ4n) is 3.55. The number of hydrogen-bond donors (Lipinski definition) is 4. The summed E-state index contributed by atoms with van der Waals surface area (Å²) in [7, 11) is -11.2. The number of benzene rings is 3. The van der Waals surface area contributed by atoms with E-state index in [1.807, 2.05) is 0 Å². The van der Waals surface area contributed by atoms with Crippen LogP contribution in [0, 0.1) is 0 Å². The van der Waals surface area contributed by atoms with Gasteiger partial charge in [0.2, 0.25) is 5.91 Å². The summed E-state index contributed by atoms with van der Waals surface area (Å²) in [6.45, 7) is 1.27. The molecule has 0 unspecified atom stereocenters. The number of phenolic OH excluding ortho intramolecular Hbond substituents is 1. The molecule has 41 heavy (non-hydrogen) atoms. The lowest BCUT2D eigenvalue weighted by molar-refractivity contribution is -0.114. The highest BCUT2D eigenvalue weighted by atomic mass is 33.1. The van der Waals surface area contributed by atoms with Crippen molar-refractivity contribution in [3.8, 4) is 17.2 Å². The number of anilines is 1. The molecule has 0 spiro atoms. The van der Waals surface area contributed by atoms with Gasteiger partial charge in [0, 0.05) is 35.9 Å². The number of ether oxygens (including phenoxy) is 2. The van der Waals surface area contributed by atoms with E-state index < -0.39 is 67.7 Å². The number of nitrogens with one attached hydrogen (secondary N) is 1. The van der Waals surface area contributed by atoms with Gasteiger partial charge in [0.05, 0.1) is 20.0 Å². The van der Waals surface area contributed by atoms with Gasteiger partial charge in [0.15, 0.2) is 15.6 Å². The molecule has 0 fully saturated rings. The van der Waals surface area contributed by atoms with E-state index in [0.717, 1.165) is 25.3 Å². The summed E-state index contributed by atoms with van der Waals surface area (Å²) >= 11 is 0. The van der Waals surface area contributed by atoms with Crippen molar-refractivity contribution in [2.24, 2.45) is 10.2 Å². The summed E-state index contributed by atoms with van der Waals surface area (Å²) < 4.78 is 101. The van der Waals surface area contributed by atoms with Gasteiger partial charge in [-0.2, -0.15) is 16.8 Å². The van der Waals surface area contributed by atoms with Gasteiger partial charge in [-0.3, -0.25) is 13.9 Å². The van der Waals surface area contributed by atoms with Crippen LogP contribution >= 0.6 is 10.8 Å². The predicted octanol–water partition coefficient (Wildman–Crippen LogP) is 3.49. The second kappa shape index (κ2) is 12.2. The van der Waals surface area contributed by atoms with Crippen molar-refractivity contribution < 1.29 is 53.7 Å². The van der Waals surface area contributed by atoms with Gasteiger partial charge < -0.3 is 19.9 Å². The van der Waals surface area contributed by atoms with Gasteiger partial charge in [-0.1, -0.05) is 6.07 Å². The summed E-state index contributed by atoms with van der Waals surface area (Å²) in [5, 5.41) is 21.4. The summed E-state index contributed by atoms with van der Waals surface area (Å²) in [6.07, 6.45) is 0. The van der Waals surface area contributed by atoms with Crippen LogP contribution in [0.4, 0.5) is 17.1 Å². The Bertz CT molecular complexity index is 1870. The van der Waals surface area contributed by atoms with Crippen LogP contribution in [0.2, 0.25) is 0 Å². The third-order valence-corrected chi connectivity index (χ3v) is 10.2. The minimum absolute atomic E-state index is 0.0255. The first kappa shape index (κ1) is 32.0. The Kier molecular flexibility index (Phi) is 9.51. The molecule has 0 saturated heterocycles. The highest BCUT2D eigenvalue weighted by Gasteiger charge is 2.25. The topological polar surface area (TPSA) is 235 Å². The Morgan fingerprint density at radius 2 is 1.59 bits per heavy atom. The first-order valence-corrected chi connectivity index (χ1v) is 17.1. The van der Waals surface area contributed by atoms with Crippen molar-refractivity contribution in [3.63, 3.8) is 0 Å². The van der Waals surface area contributed by atoms with E-state index in [0.29, 0.717) is 0 Å². The molecular formula is C22H23N3O12S4. The first-order valence-electron chi connectivity index (χ1n) is 11.0. The molecule has 0 radical (unpaired) electrons. The Balaban J connectivity index is 2.15. The molecule has 19 heteroatoms. The van der Waals surface area contributed by atoms with Crippen LogP contribution in [0.25, 0.3) is 10.8 Å². The van der Waals surface area contributed by atoms with Crippen molar-refractivity contribution in [3.05, 3.63) is 36.4 Å². The van der Waals surface area contributed by atoms with Crippen LogP contribution in [0.3, 0.4) is 0 Å². The monoisotopic (exact) mass is 649 g/mol. The number of rotatable bonds is 11. The highest BCUT2D eigenvalue weighted by molar-refractivity contribution is 8.70. The molecule has 0 aliphatic carbocycles. The Labute approximate surface area is 238 Å². The third kappa shape index (κ3) is 7.83. The van der Waals surface area contributed by atoms with Crippen LogP contribution in [0.1, 0.15) is 6.92 Å². The second-order valence-corrected chi connectivity index (χ2v) is 15.0. The zero-order valence-corrected chi connectivity index (χ0v) is 24.7. The second-order valence-electron chi connectivity index (χ2n) is 8.11. The van der Waals surface area contributed by atoms with Crippen molar-refractivity contribution in [2.75, 3.05) is 31.0 Å². The van der Waals surface area contributed by atoms with Crippen LogP contribution in [-0.4, -0.2) is 71.1 Å². The fourth-order valence-corrected chi connectivity index (χ4v) is 7.77. The SMILES string of the molecule is COc1cc(S(=O)(=O)CCSS(=O)(=O)O)c(OC)cc1N=Nc1c(S(=O)(=O)O)cc2ccc(NC(C)=O)cc2c1O. The number of sulfone groups is 1. The number of fused-ring (bicyclic) bond motifs is 1. The lowest BCUT2D eigenvalue weighted by Crippen LogP contribution is -2.11. The fraction of sp³-hybridized carbons (Fsp3) is 0.227. The zero-order valence-electron chi connectivity index (χ0n) is 21.4. The van der Waals surface area contributed by atoms with Crippen LogP contribution < -0.4 is 14.8 Å². The molecular weight excluding hydrogens is 627 g/mol. The summed E-state index contributed by atoms with van der Waals surface area (Å²) in [5.74, 6) is -2.72. The summed E-state index contributed by atoms with van der Waals surface area (Å²) in [5.41, 5.74) is -0.565. The highest BCUT2D eigenvalue weighted by Crippen LogP contribution is 2.44. The van der Waals surface area contributed by atoms with Crippen LogP contribution in [-0.2, 0) is 33.9 Å². The van der Waals surface area contributed by atoms with Gasteiger partial charge in [-0.15, -0.1) is 10.2 Å². The van der Waals surface area contributed by atoms with Crippen molar-refractivity contribution in [2.45, 2.75) is 16.7 Å². The minimum atomic E-state index is -4.94. The molecule has 0 aromatic heterocycles. The number of nitrogens with zero attached hydrogens (tertiary/aromatic N) is 2. The average Bonchev–Trinajstić information content (AvgIpc) is 2.85. The number of phenols is 1. The van der Waals surface area contributed by atoms with Crippen molar-refractivity contribution in [1.82, 2.24) is 0 Å². The van der Waals surface area contributed by atoms with E-state index in [2.05, 4.69) is 15.5 Å². The number of hydrogen-bond acceptors (Lipinski definition) is 13. The molecule has 3 aromatic rings. The maximum atomic E-state index is 12.8. The molecule has 0 saturated carbocycles. The molecule has 222 valence electrons. The molecule has 1 amide bonds. The third-order valence-electron chi connectivity index (χ3n) is 5.29. The summed E-state index contributed by atoms with van der Waals surface area (Å²) in [4.78, 5) is 10.2. The Hall–Kier alpha value is -3.49. The van der Waals surface area contributed by atoms with Crippen LogP contribution in [0.15, 0.2) is 56.4 Å². The van der Waals surface area contributed by atoms with E-state index >= 15 is 0 Å². The Morgan fingerprint density at radius 3 is 2.15 bits per heavy atom. The average molecular weight is 650 g/mol. The van der Waals surface area contributed by atoms with Gasteiger partial charge in [0.1, 0.15) is 32.7 Å². The molecule has 0 bridgehead atoms. The molecule has 0 aliphatic rings. The number of aromatic hydroxyl groups is 1. The van der Waals surface area contributed by atoms with Gasteiger partial charge in [0.25, 0.3) is 10.1 Å². The van der Waals surface area contributed by atoms with Crippen LogP contribution in [0.5, 0.6) is 17.2 Å². The quantitative estimate of drug-likeness (QED) is 0.132. The predicted molar refractivity (Wildman–Crippen MR) is 150 cm³/mol. The van der Waals surface area contributed by atoms with Gasteiger partial charge in [-0.25, -0.2) is 8.42 Å². The standard InChI is InChI=1S/C22H23N3O12S4/c1-12(26)23-14-5-4-13-8-20(40(30,31)32)21(22(27)15(13)9-14)25-24-16-10-18(37-3)19(11-17(16)36-2)39(28,29)7-6-38-41(33,34)35/h4-5,8-11,27H,6-7H2,1-3H3,(H,23,26)(H,30,31,32)(H,33,34,35). The van der Waals surface area contributed by atoms with E-state index in [9.17, 15) is 39.7 Å². The molecule has 0 atom stereocenters. The number of amides is 1. The lowest BCUT2D eigenvalue weighted by Gasteiger charge is -2.13. The summed E-state index contributed by atoms with van der Waals surface area (Å²) in [6, 6.07) is 7.34. The molecule has 3 rings (SSSR count). The normalized spacial score (nSPS) is 12.5. The molecule has 4 N–H and O–H groups in total.